The molecule has 0 bridgehead atoms. The van der Waals surface area contributed by atoms with Crippen molar-refractivity contribution in [2.75, 3.05) is 4.90 Å². The average Bonchev–Trinajstić information content (AvgIpc) is 2.50. The predicted molar refractivity (Wildman–Crippen MR) is 66.1 cm³/mol. The topological polar surface area (TPSA) is 42.4 Å². The fourth-order valence-electron chi connectivity index (χ4n) is 2.04. The number of hydrogen-bond donors (Lipinski definition) is 0. The first kappa shape index (κ1) is 11.9. The molecule has 1 aromatic rings. The van der Waals surface area contributed by atoms with Crippen molar-refractivity contribution in [2.24, 2.45) is 0 Å². The molecule has 17 heavy (non-hydrogen) atoms. The van der Waals surface area contributed by atoms with Crippen molar-refractivity contribution in [3.8, 4) is 0 Å². The van der Waals surface area contributed by atoms with Gasteiger partial charge in [0.25, 0.3) is 0 Å². The Bertz CT molecular complexity index is 437. The van der Waals surface area contributed by atoms with E-state index in [9.17, 15) is 4.79 Å². The molecule has 0 N–H and O–H groups in total. The minimum absolute atomic E-state index is 0.129. The second-order valence-corrected chi connectivity index (χ2v) is 5.41. The van der Waals surface area contributed by atoms with Crippen LogP contribution in [0.5, 0.6) is 0 Å². The molecule has 0 aromatic carbocycles. The highest BCUT2D eigenvalue weighted by Crippen LogP contribution is 2.32. The lowest BCUT2D eigenvalue weighted by Crippen LogP contribution is -2.40. The molecule has 2 heterocycles. The van der Waals surface area contributed by atoms with Crippen molar-refractivity contribution >= 4 is 11.8 Å². The van der Waals surface area contributed by atoms with Gasteiger partial charge in [-0.15, -0.1) is 0 Å². The van der Waals surface area contributed by atoms with Gasteiger partial charge in [-0.2, -0.15) is 0 Å². The van der Waals surface area contributed by atoms with Crippen LogP contribution < -0.4 is 4.90 Å². The third-order valence-electron chi connectivity index (χ3n) is 2.69. The Hall–Kier alpha value is -1.58. The van der Waals surface area contributed by atoms with Crippen LogP contribution in [0.4, 0.5) is 10.5 Å². The molecule has 4 heteroatoms. The Morgan fingerprint density at radius 1 is 1.53 bits per heavy atom. The van der Waals surface area contributed by atoms with Crippen LogP contribution in [0, 0.1) is 0 Å². The zero-order valence-corrected chi connectivity index (χ0v) is 10.7. The third kappa shape index (κ3) is 2.40. The summed E-state index contributed by atoms with van der Waals surface area (Å²) in [6.07, 6.45) is 4.04. The molecule has 0 fully saturated rings. The van der Waals surface area contributed by atoms with E-state index < -0.39 is 5.60 Å². The van der Waals surface area contributed by atoms with E-state index in [1.165, 1.54) is 0 Å². The first-order chi connectivity index (χ1) is 7.88. The quantitative estimate of drug-likeness (QED) is 0.693. The summed E-state index contributed by atoms with van der Waals surface area (Å²) in [6.45, 7) is 7.63. The van der Waals surface area contributed by atoms with Crippen molar-refractivity contribution in [1.29, 1.82) is 0 Å². The van der Waals surface area contributed by atoms with Crippen LogP contribution in [0.15, 0.2) is 18.5 Å². The van der Waals surface area contributed by atoms with Gasteiger partial charge in [0.1, 0.15) is 5.60 Å². The standard InChI is InChI=1S/C13H18N2O2/c1-9-7-10-5-6-14-8-11(10)15(9)12(16)17-13(2,3)4/h5-6,8-9H,7H2,1-4H3. The summed E-state index contributed by atoms with van der Waals surface area (Å²) < 4.78 is 5.41. The van der Waals surface area contributed by atoms with Gasteiger partial charge in [0.2, 0.25) is 0 Å². The zero-order chi connectivity index (χ0) is 12.6. The summed E-state index contributed by atoms with van der Waals surface area (Å²) in [4.78, 5) is 17.9. The van der Waals surface area contributed by atoms with Crippen LogP contribution >= 0.6 is 0 Å². The van der Waals surface area contributed by atoms with Gasteiger partial charge in [0.05, 0.1) is 11.9 Å². The summed E-state index contributed by atoms with van der Waals surface area (Å²) in [6, 6.07) is 2.08. The van der Waals surface area contributed by atoms with Crippen LogP contribution in [0.25, 0.3) is 0 Å². The molecule has 1 unspecified atom stereocenters. The van der Waals surface area contributed by atoms with Crippen LogP contribution in [-0.4, -0.2) is 22.7 Å². The number of hydrogen-bond acceptors (Lipinski definition) is 3. The molecule has 0 saturated carbocycles. The van der Waals surface area contributed by atoms with Crippen LogP contribution in [0.2, 0.25) is 0 Å². The van der Waals surface area contributed by atoms with E-state index in [0.717, 1.165) is 17.7 Å². The molecule has 0 spiro atoms. The number of amides is 1. The molecule has 4 nitrogen and oxygen atoms in total. The molecule has 0 radical (unpaired) electrons. The zero-order valence-electron chi connectivity index (χ0n) is 10.7. The maximum atomic E-state index is 12.1. The average molecular weight is 234 g/mol. The lowest BCUT2D eigenvalue weighted by molar-refractivity contribution is 0.0572. The van der Waals surface area contributed by atoms with E-state index in [0.29, 0.717) is 0 Å². The first-order valence-electron chi connectivity index (χ1n) is 5.83. The minimum atomic E-state index is -0.470. The van der Waals surface area contributed by atoms with Crippen molar-refractivity contribution < 1.29 is 9.53 Å². The van der Waals surface area contributed by atoms with Crippen LogP contribution in [0.1, 0.15) is 33.3 Å². The van der Waals surface area contributed by atoms with Gasteiger partial charge in [-0.1, -0.05) is 0 Å². The Morgan fingerprint density at radius 3 is 2.88 bits per heavy atom. The summed E-state index contributed by atoms with van der Waals surface area (Å²) in [5, 5.41) is 0. The van der Waals surface area contributed by atoms with Crippen molar-refractivity contribution in [1.82, 2.24) is 4.98 Å². The fraction of sp³-hybridized carbons (Fsp3) is 0.538. The highest BCUT2D eigenvalue weighted by molar-refractivity contribution is 5.91. The van der Waals surface area contributed by atoms with E-state index >= 15 is 0 Å². The Morgan fingerprint density at radius 2 is 2.24 bits per heavy atom. The lowest BCUT2D eigenvalue weighted by Gasteiger charge is -2.27. The van der Waals surface area contributed by atoms with E-state index in [-0.39, 0.29) is 12.1 Å². The minimum Gasteiger partial charge on any atom is -0.443 e. The molecule has 0 aliphatic carbocycles. The third-order valence-corrected chi connectivity index (χ3v) is 2.69. The number of fused-ring (bicyclic) bond motifs is 1. The molecule has 1 aromatic heterocycles. The molecule has 92 valence electrons. The Kier molecular flexibility index (Phi) is 2.81. The van der Waals surface area contributed by atoms with Gasteiger partial charge < -0.3 is 4.74 Å². The van der Waals surface area contributed by atoms with E-state index in [2.05, 4.69) is 4.98 Å². The van der Waals surface area contributed by atoms with Gasteiger partial charge >= 0.3 is 6.09 Å². The number of nitrogens with zero attached hydrogens (tertiary/aromatic N) is 2. The van der Waals surface area contributed by atoms with Gasteiger partial charge in [-0.3, -0.25) is 9.88 Å². The van der Waals surface area contributed by atoms with Crippen LogP contribution in [-0.2, 0) is 11.2 Å². The number of aromatic nitrogens is 1. The summed E-state index contributed by atoms with van der Waals surface area (Å²) in [5.41, 5.74) is 1.55. The Balaban J connectivity index is 2.25. The van der Waals surface area contributed by atoms with E-state index in [1.54, 1.807) is 17.3 Å². The maximum Gasteiger partial charge on any atom is 0.415 e. The smallest absolute Gasteiger partial charge is 0.415 e. The van der Waals surface area contributed by atoms with Crippen LogP contribution in [0.3, 0.4) is 0 Å². The number of pyridine rings is 1. The lowest BCUT2D eigenvalue weighted by atomic mass is 10.2. The van der Waals surface area contributed by atoms with Gasteiger partial charge in [0.15, 0.2) is 0 Å². The second-order valence-electron chi connectivity index (χ2n) is 5.41. The van der Waals surface area contributed by atoms with Crippen molar-refractivity contribution in [3.05, 3.63) is 24.0 Å². The highest BCUT2D eigenvalue weighted by Gasteiger charge is 2.33. The highest BCUT2D eigenvalue weighted by atomic mass is 16.6. The normalized spacial score (nSPS) is 19.1. The van der Waals surface area contributed by atoms with Gasteiger partial charge in [-0.05, 0) is 45.7 Å². The van der Waals surface area contributed by atoms with Crippen molar-refractivity contribution in [3.63, 3.8) is 0 Å². The van der Waals surface area contributed by atoms with E-state index in [1.807, 2.05) is 33.8 Å². The van der Waals surface area contributed by atoms with Gasteiger partial charge in [0, 0.05) is 12.2 Å². The van der Waals surface area contributed by atoms with Gasteiger partial charge in [-0.25, -0.2) is 4.79 Å². The molecular formula is C13H18N2O2. The van der Waals surface area contributed by atoms with E-state index in [4.69, 9.17) is 4.74 Å². The number of anilines is 1. The molecule has 1 atom stereocenters. The largest absolute Gasteiger partial charge is 0.443 e. The summed E-state index contributed by atoms with van der Waals surface area (Å²) >= 11 is 0. The summed E-state index contributed by atoms with van der Waals surface area (Å²) in [7, 11) is 0. The fourth-order valence-corrected chi connectivity index (χ4v) is 2.04. The monoisotopic (exact) mass is 234 g/mol. The second kappa shape index (κ2) is 4.02. The van der Waals surface area contributed by atoms with Crippen molar-refractivity contribution in [2.45, 2.75) is 45.8 Å². The molecule has 2 rings (SSSR count). The SMILES string of the molecule is CC1Cc2ccncc2N1C(=O)OC(C)(C)C. The maximum absolute atomic E-state index is 12.1. The Labute approximate surface area is 102 Å². The predicted octanol–water partition coefficient (Wildman–Crippen LogP) is 2.77. The molecule has 1 aliphatic rings. The number of carbonyl (C=O) groups is 1. The number of carbonyl (C=O) groups excluding carboxylic acids is 1. The summed E-state index contributed by atoms with van der Waals surface area (Å²) in [5.74, 6) is 0. The number of rotatable bonds is 0. The molecule has 1 amide bonds. The number of ether oxygens (including phenoxy) is 1. The first-order valence-corrected chi connectivity index (χ1v) is 5.83. The molecular weight excluding hydrogens is 216 g/mol. The molecule has 1 aliphatic heterocycles. The molecule has 0 saturated heterocycles.